The lowest BCUT2D eigenvalue weighted by atomic mass is 10.1. The van der Waals surface area contributed by atoms with E-state index in [1.54, 1.807) is 60.4 Å². The highest BCUT2D eigenvalue weighted by Gasteiger charge is 2.29. The smallest absolute Gasteiger partial charge is 0.258 e. The number of para-hydroxylation sites is 2. The summed E-state index contributed by atoms with van der Waals surface area (Å²) in [7, 11) is 0. The van der Waals surface area contributed by atoms with E-state index in [2.05, 4.69) is 10.6 Å². The molecule has 3 aromatic rings. The number of benzene rings is 3. The van der Waals surface area contributed by atoms with Gasteiger partial charge in [-0.2, -0.15) is 0 Å². The van der Waals surface area contributed by atoms with E-state index in [9.17, 15) is 18.8 Å². The van der Waals surface area contributed by atoms with E-state index < -0.39 is 17.6 Å². The summed E-state index contributed by atoms with van der Waals surface area (Å²) in [6.45, 7) is 1.99. The van der Waals surface area contributed by atoms with Crippen LogP contribution in [0.5, 0.6) is 0 Å². The number of rotatable bonds is 3. The number of carbonyl (C=O) groups excluding carboxylic acids is 3. The van der Waals surface area contributed by atoms with E-state index in [1.807, 2.05) is 0 Å². The number of halogens is 1. The van der Waals surface area contributed by atoms with Crippen molar-refractivity contribution in [2.45, 2.75) is 6.92 Å². The first-order valence-corrected chi connectivity index (χ1v) is 9.81. The van der Waals surface area contributed by atoms with Gasteiger partial charge in [-0.3, -0.25) is 14.4 Å². The highest BCUT2D eigenvalue weighted by molar-refractivity contribution is 6.12. The maximum atomic E-state index is 13.3. The molecule has 1 atom stereocenters. The van der Waals surface area contributed by atoms with Crippen molar-refractivity contribution in [1.82, 2.24) is 0 Å². The van der Waals surface area contributed by atoms with Crippen LogP contribution in [0.15, 0.2) is 72.8 Å². The van der Waals surface area contributed by atoms with Crippen molar-refractivity contribution < 1.29 is 18.8 Å². The Morgan fingerprint density at radius 3 is 2.52 bits per heavy atom. The fourth-order valence-corrected chi connectivity index (χ4v) is 3.41. The molecule has 6 nitrogen and oxygen atoms in total. The van der Waals surface area contributed by atoms with Crippen molar-refractivity contribution in [3.05, 3.63) is 89.7 Å². The molecule has 0 spiro atoms. The van der Waals surface area contributed by atoms with Gasteiger partial charge in [-0.15, -0.1) is 0 Å². The molecule has 3 aromatic carbocycles. The number of nitrogens with one attached hydrogen (secondary N) is 2. The molecule has 0 bridgehead atoms. The molecule has 1 heterocycles. The van der Waals surface area contributed by atoms with Gasteiger partial charge >= 0.3 is 0 Å². The fraction of sp³-hybridized carbons (Fsp3) is 0.125. The minimum absolute atomic E-state index is 0.150. The lowest BCUT2D eigenvalue weighted by molar-refractivity contribution is -0.119. The molecule has 0 aromatic heterocycles. The van der Waals surface area contributed by atoms with Gasteiger partial charge in [0, 0.05) is 23.4 Å². The monoisotopic (exact) mass is 417 g/mol. The Morgan fingerprint density at radius 2 is 1.74 bits per heavy atom. The van der Waals surface area contributed by atoms with Crippen LogP contribution >= 0.6 is 0 Å². The number of nitrogens with zero attached hydrogens (tertiary/aromatic N) is 1. The van der Waals surface area contributed by atoms with E-state index >= 15 is 0 Å². The zero-order valence-corrected chi connectivity index (χ0v) is 16.8. The largest absolute Gasteiger partial charge is 0.324 e. The number of amides is 3. The second-order valence-electron chi connectivity index (χ2n) is 7.37. The van der Waals surface area contributed by atoms with E-state index in [1.165, 1.54) is 24.3 Å². The molecule has 3 amide bonds. The first-order chi connectivity index (χ1) is 14.9. The van der Waals surface area contributed by atoms with E-state index in [4.69, 9.17) is 0 Å². The summed E-state index contributed by atoms with van der Waals surface area (Å²) in [6, 6.07) is 18.9. The minimum Gasteiger partial charge on any atom is -0.324 e. The second kappa shape index (κ2) is 8.39. The minimum atomic E-state index is -0.427. The molecule has 31 heavy (non-hydrogen) atoms. The summed E-state index contributed by atoms with van der Waals surface area (Å²) in [4.78, 5) is 39.6. The predicted molar refractivity (Wildman–Crippen MR) is 117 cm³/mol. The number of hydrogen-bond donors (Lipinski definition) is 2. The normalized spacial score (nSPS) is 15.5. The molecule has 0 saturated heterocycles. The summed E-state index contributed by atoms with van der Waals surface area (Å²) < 4.78 is 13.1. The molecule has 0 fully saturated rings. The van der Waals surface area contributed by atoms with Crippen LogP contribution in [0.25, 0.3) is 0 Å². The third kappa shape index (κ3) is 4.30. The van der Waals surface area contributed by atoms with E-state index in [0.29, 0.717) is 28.2 Å². The van der Waals surface area contributed by atoms with E-state index in [-0.39, 0.29) is 18.4 Å². The third-order valence-electron chi connectivity index (χ3n) is 5.08. The molecule has 156 valence electrons. The molecule has 1 aliphatic heterocycles. The lowest BCUT2D eigenvalue weighted by Gasteiger charge is -2.24. The average Bonchev–Trinajstić information content (AvgIpc) is 2.90. The SMILES string of the molecule is CC1CN(C(=O)c2cccc(NC(=O)c3ccc(F)cc3)c2)c2ccccc2NC1=O. The standard InChI is InChI=1S/C24H20FN3O3/c1-15-14-28(21-8-3-2-7-20(21)27-22(15)29)24(31)17-5-4-6-19(13-17)26-23(30)16-9-11-18(25)12-10-16/h2-13,15H,14H2,1H3,(H,26,30)(H,27,29). The van der Waals surface area contributed by atoms with Crippen LogP contribution in [0, 0.1) is 11.7 Å². The van der Waals surface area contributed by atoms with Gasteiger partial charge < -0.3 is 15.5 Å². The molecule has 0 saturated carbocycles. The summed E-state index contributed by atoms with van der Waals surface area (Å²) in [5.74, 6) is -1.66. The molecule has 7 heteroatoms. The van der Waals surface area contributed by atoms with Crippen molar-refractivity contribution in [2.24, 2.45) is 5.92 Å². The highest BCUT2D eigenvalue weighted by Crippen LogP contribution is 2.31. The summed E-state index contributed by atoms with van der Waals surface area (Å²) in [6.07, 6.45) is 0. The van der Waals surface area contributed by atoms with Crippen molar-refractivity contribution in [1.29, 1.82) is 0 Å². The Labute approximate surface area is 178 Å². The van der Waals surface area contributed by atoms with Crippen molar-refractivity contribution >= 4 is 34.8 Å². The van der Waals surface area contributed by atoms with Gasteiger partial charge in [0.25, 0.3) is 11.8 Å². The number of anilines is 3. The van der Waals surface area contributed by atoms with Crippen LogP contribution in [0.4, 0.5) is 21.5 Å². The first kappa shape index (κ1) is 20.3. The lowest BCUT2D eigenvalue weighted by Crippen LogP contribution is -2.35. The van der Waals surface area contributed by atoms with Crippen LogP contribution in [-0.2, 0) is 4.79 Å². The van der Waals surface area contributed by atoms with Gasteiger partial charge in [0.05, 0.1) is 17.3 Å². The van der Waals surface area contributed by atoms with Gasteiger partial charge in [0.1, 0.15) is 5.82 Å². The van der Waals surface area contributed by atoms with Crippen molar-refractivity contribution in [3.63, 3.8) is 0 Å². The molecule has 1 unspecified atom stereocenters. The highest BCUT2D eigenvalue weighted by atomic mass is 19.1. The summed E-state index contributed by atoms with van der Waals surface area (Å²) >= 11 is 0. The van der Waals surface area contributed by atoms with Gasteiger partial charge in [-0.25, -0.2) is 4.39 Å². The van der Waals surface area contributed by atoms with Crippen LogP contribution in [-0.4, -0.2) is 24.3 Å². The molecule has 4 rings (SSSR count). The fourth-order valence-electron chi connectivity index (χ4n) is 3.41. The van der Waals surface area contributed by atoms with Crippen molar-refractivity contribution in [2.75, 3.05) is 22.1 Å². The first-order valence-electron chi connectivity index (χ1n) is 9.81. The van der Waals surface area contributed by atoms with E-state index in [0.717, 1.165) is 0 Å². The maximum Gasteiger partial charge on any atom is 0.258 e. The Kier molecular flexibility index (Phi) is 5.49. The van der Waals surface area contributed by atoms with Gasteiger partial charge in [0.2, 0.25) is 5.91 Å². The number of hydrogen-bond acceptors (Lipinski definition) is 3. The van der Waals surface area contributed by atoms with Crippen LogP contribution in [0.3, 0.4) is 0 Å². The predicted octanol–water partition coefficient (Wildman–Crippen LogP) is 4.31. The summed E-state index contributed by atoms with van der Waals surface area (Å²) in [5.41, 5.74) is 2.30. The van der Waals surface area contributed by atoms with Gasteiger partial charge in [-0.05, 0) is 54.6 Å². The summed E-state index contributed by atoms with van der Waals surface area (Å²) in [5, 5.41) is 5.58. The number of carbonyl (C=O) groups is 3. The zero-order valence-electron chi connectivity index (χ0n) is 16.8. The Hall–Kier alpha value is -4.00. The quantitative estimate of drug-likeness (QED) is 0.667. The third-order valence-corrected chi connectivity index (χ3v) is 5.08. The zero-order chi connectivity index (χ0) is 22.0. The van der Waals surface area contributed by atoms with Gasteiger partial charge in [0.15, 0.2) is 0 Å². The molecular formula is C24H20FN3O3. The Balaban J connectivity index is 1.60. The van der Waals surface area contributed by atoms with Gasteiger partial charge in [-0.1, -0.05) is 25.1 Å². The molecule has 0 aliphatic carbocycles. The van der Waals surface area contributed by atoms with Crippen molar-refractivity contribution in [3.8, 4) is 0 Å². The molecular weight excluding hydrogens is 397 g/mol. The second-order valence-corrected chi connectivity index (χ2v) is 7.37. The Bertz CT molecular complexity index is 1160. The maximum absolute atomic E-state index is 13.3. The van der Waals surface area contributed by atoms with Crippen LogP contribution < -0.4 is 15.5 Å². The van der Waals surface area contributed by atoms with Crippen LogP contribution in [0.2, 0.25) is 0 Å². The molecule has 2 N–H and O–H groups in total. The topological polar surface area (TPSA) is 78.5 Å². The molecule has 0 radical (unpaired) electrons. The van der Waals surface area contributed by atoms with Crippen LogP contribution in [0.1, 0.15) is 27.6 Å². The average molecular weight is 417 g/mol. The molecule has 1 aliphatic rings. The number of fused-ring (bicyclic) bond motifs is 1. The Morgan fingerprint density at radius 1 is 1.00 bits per heavy atom.